The second-order valence-corrected chi connectivity index (χ2v) is 4.15. The van der Waals surface area contributed by atoms with Crippen molar-refractivity contribution >= 4 is 27.5 Å². The molecule has 4 heteroatoms. The molecule has 1 aromatic carbocycles. The fourth-order valence-electron chi connectivity index (χ4n) is 1.21. The van der Waals surface area contributed by atoms with Crippen LogP contribution in [0.25, 0.3) is 0 Å². The Hall–Kier alpha value is -0.720. The Balaban J connectivity index is 3.34. The molecule has 0 amide bonds. The summed E-state index contributed by atoms with van der Waals surface area (Å²) < 4.78 is 5.97. The standard InChI is InChI=1S/C10H9BrClNO/c1-6(5-13)10-8(11)3-7(12)4-9(10)14-2/h3-4,6H,1-2H3. The first-order valence-electron chi connectivity index (χ1n) is 4.02. The van der Waals surface area contributed by atoms with Gasteiger partial charge >= 0.3 is 0 Å². The van der Waals surface area contributed by atoms with Crippen LogP contribution in [0.1, 0.15) is 18.4 Å². The van der Waals surface area contributed by atoms with Crippen LogP contribution in [-0.2, 0) is 0 Å². The first-order chi connectivity index (χ1) is 6.60. The van der Waals surface area contributed by atoms with E-state index in [9.17, 15) is 0 Å². The van der Waals surface area contributed by atoms with Crippen LogP contribution >= 0.6 is 27.5 Å². The van der Waals surface area contributed by atoms with Crippen LogP contribution < -0.4 is 4.74 Å². The molecule has 0 radical (unpaired) electrons. The number of methoxy groups -OCH3 is 1. The summed E-state index contributed by atoms with van der Waals surface area (Å²) in [5.41, 5.74) is 0.833. The average molecular weight is 275 g/mol. The minimum absolute atomic E-state index is 0.225. The normalized spacial score (nSPS) is 11.9. The topological polar surface area (TPSA) is 33.0 Å². The van der Waals surface area contributed by atoms with Gasteiger partial charge in [0.2, 0.25) is 0 Å². The zero-order valence-corrected chi connectivity index (χ0v) is 10.2. The lowest BCUT2D eigenvalue weighted by Gasteiger charge is -2.12. The van der Waals surface area contributed by atoms with Gasteiger partial charge in [0.25, 0.3) is 0 Å². The Labute approximate surface area is 96.6 Å². The summed E-state index contributed by atoms with van der Waals surface area (Å²) in [4.78, 5) is 0. The van der Waals surface area contributed by atoms with Gasteiger partial charge in [0.15, 0.2) is 0 Å². The lowest BCUT2D eigenvalue weighted by molar-refractivity contribution is 0.408. The number of rotatable bonds is 2. The maximum Gasteiger partial charge on any atom is 0.125 e. The number of ether oxygens (including phenoxy) is 1. The molecular formula is C10H9BrClNO. The quantitative estimate of drug-likeness (QED) is 0.823. The number of nitriles is 1. The average Bonchev–Trinajstić information content (AvgIpc) is 2.15. The van der Waals surface area contributed by atoms with E-state index in [2.05, 4.69) is 22.0 Å². The summed E-state index contributed by atoms with van der Waals surface area (Å²) >= 11 is 9.22. The first kappa shape index (κ1) is 11.4. The minimum atomic E-state index is -0.225. The highest BCUT2D eigenvalue weighted by molar-refractivity contribution is 9.10. The summed E-state index contributed by atoms with van der Waals surface area (Å²) in [6.07, 6.45) is 0. The summed E-state index contributed by atoms with van der Waals surface area (Å²) in [6, 6.07) is 5.62. The molecule has 0 N–H and O–H groups in total. The molecule has 1 rings (SSSR count). The predicted octanol–water partition coefficient (Wildman–Crippen LogP) is 3.74. The van der Waals surface area contributed by atoms with Gasteiger partial charge in [-0.25, -0.2) is 0 Å². The van der Waals surface area contributed by atoms with E-state index in [1.807, 2.05) is 6.92 Å². The predicted molar refractivity (Wildman–Crippen MR) is 59.7 cm³/mol. The van der Waals surface area contributed by atoms with Crippen LogP contribution in [0, 0.1) is 11.3 Å². The van der Waals surface area contributed by atoms with Gasteiger partial charge in [0.1, 0.15) is 5.75 Å². The third-order valence-corrected chi connectivity index (χ3v) is 2.78. The van der Waals surface area contributed by atoms with E-state index >= 15 is 0 Å². The molecule has 0 saturated heterocycles. The summed E-state index contributed by atoms with van der Waals surface area (Å²) in [7, 11) is 1.56. The maximum absolute atomic E-state index is 8.84. The van der Waals surface area contributed by atoms with Gasteiger partial charge in [-0.2, -0.15) is 5.26 Å². The molecule has 0 fully saturated rings. The highest BCUT2D eigenvalue weighted by Crippen LogP contribution is 2.35. The lowest BCUT2D eigenvalue weighted by atomic mass is 10.0. The van der Waals surface area contributed by atoms with Gasteiger partial charge in [-0.05, 0) is 19.1 Å². The maximum atomic E-state index is 8.84. The molecule has 0 aliphatic rings. The number of nitrogens with zero attached hydrogens (tertiary/aromatic N) is 1. The van der Waals surface area contributed by atoms with Gasteiger partial charge < -0.3 is 4.74 Å². The van der Waals surface area contributed by atoms with Crippen LogP contribution in [0.2, 0.25) is 5.02 Å². The zero-order chi connectivity index (χ0) is 10.7. The molecule has 0 aliphatic carbocycles. The van der Waals surface area contributed by atoms with Crippen molar-refractivity contribution in [1.29, 1.82) is 5.26 Å². The summed E-state index contributed by atoms with van der Waals surface area (Å²) in [5.74, 6) is 0.412. The van der Waals surface area contributed by atoms with Crippen LogP contribution in [0.15, 0.2) is 16.6 Å². The smallest absolute Gasteiger partial charge is 0.125 e. The first-order valence-corrected chi connectivity index (χ1v) is 5.19. The van der Waals surface area contributed by atoms with Crippen molar-refractivity contribution in [2.24, 2.45) is 0 Å². The van der Waals surface area contributed by atoms with E-state index in [0.29, 0.717) is 10.8 Å². The van der Waals surface area contributed by atoms with Gasteiger partial charge in [-0.3, -0.25) is 0 Å². The fourth-order valence-corrected chi connectivity index (χ4v) is 2.34. The van der Waals surface area contributed by atoms with Crippen molar-refractivity contribution < 1.29 is 4.74 Å². The highest BCUT2D eigenvalue weighted by Gasteiger charge is 2.15. The Morgan fingerprint density at radius 1 is 1.57 bits per heavy atom. The number of halogens is 2. The van der Waals surface area contributed by atoms with Crippen LogP contribution in [0.3, 0.4) is 0 Å². The number of hydrogen-bond acceptors (Lipinski definition) is 2. The summed E-state index contributed by atoms with van der Waals surface area (Å²) in [5, 5.41) is 9.43. The van der Waals surface area contributed by atoms with Gasteiger partial charge in [0, 0.05) is 15.1 Å². The third kappa shape index (κ3) is 2.20. The van der Waals surface area contributed by atoms with Gasteiger partial charge in [0.05, 0.1) is 19.1 Å². The molecule has 0 aromatic heterocycles. The molecule has 0 spiro atoms. The molecule has 0 heterocycles. The van der Waals surface area contributed by atoms with E-state index < -0.39 is 0 Å². The molecule has 1 atom stereocenters. The molecule has 0 saturated carbocycles. The molecule has 2 nitrogen and oxygen atoms in total. The SMILES string of the molecule is COc1cc(Cl)cc(Br)c1C(C)C#N. The van der Waals surface area contributed by atoms with E-state index in [4.69, 9.17) is 21.6 Å². The minimum Gasteiger partial charge on any atom is -0.496 e. The second kappa shape index (κ2) is 4.68. The van der Waals surface area contributed by atoms with E-state index in [0.717, 1.165) is 10.0 Å². The lowest BCUT2D eigenvalue weighted by Crippen LogP contribution is -1.97. The molecule has 74 valence electrons. The Morgan fingerprint density at radius 3 is 2.71 bits per heavy atom. The highest BCUT2D eigenvalue weighted by atomic mass is 79.9. The van der Waals surface area contributed by atoms with E-state index in [1.54, 1.807) is 19.2 Å². The Morgan fingerprint density at radius 2 is 2.21 bits per heavy atom. The monoisotopic (exact) mass is 273 g/mol. The van der Waals surface area contributed by atoms with E-state index in [-0.39, 0.29) is 5.92 Å². The second-order valence-electron chi connectivity index (χ2n) is 2.85. The molecule has 1 aromatic rings. The van der Waals surface area contributed by atoms with Crippen molar-refractivity contribution in [2.75, 3.05) is 7.11 Å². The van der Waals surface area contributed by atoms with Crippen molar-refractivity contribution in [3.05, 3.63) is 27.2 Å². The van der Waals surface area contributed by atoms with Crippen LogP contribution in [0.5, 0.6) is 5.75 Å². The van der Waals surface area contributed by atoms with Crippen LogP contribution in [0.4, 0.5) is 0 Å². The number of hydrogen-bond donors (Lipinski definition) is 0. The Kier molecular flexibility index (Phi) is 3.79. The molecule has 1 unspecified atom stereocenters. The molecule has 0 bridgehead atoms. The molecular weight excluding hydrogens is 265 g/mol. The number of benzene rings is 1. The largest absolute Gasteiger partial charge is 0.496 e. The van der Waals surface area contributed by atoms with E-state index in [1.165, 1.54) is 0 Å². The van der Waals surface area contributed by atoms with Crippen molar-refractivity contribution in [3.8, 4) is 11.8 Å². The molecule has 0 aliphatic heterocycles. The third-order valence-electron chi connectivity index (χ3n) is 1.90. The molecule has 14 heavy (non-hydrogen) atoms. The van der Waals surface area contributed by atoms with Crippen LogP contribution in [-0.4, -0.2) is 7.11 Å². The zero-order valence-electron chi connectivity index (χ0n) is 7.84. The summed E-state index contributed by atoms with van der Waals surface area (Å²) in [6.45, 7) is 1.82. The fraction of sp³-hybridized carbons (Fsp3) is 0.300. The van der Waals surface area contributed by atoms with Crippen molar-refractivity contribution in [1.82, 2.24) is 0 Å². The van der Waals surface area contributed by atoms with Crippen molar-refractivity contribution in [2.45, 2.75) is 12.8 Å². The van der Waals surface area contributed by atoms with Crippen molar-refractivity contribution in [3.63, 3.8) is 0 Å². The van der Waals surface area contributed by atoms with Gasteiger partial charge in [-0.1, -0.05) is 27.5 Å². The Bertz CT molecular complexity index is 386. The van der Waals surface area contributed by atoms with Gasteiger partial charge in [-0.15, -0.1) is 0 Å².